The van der Waals surface area contributed by atoms with Crippen molar-refractivity contribution in [1.82, 2.24) is 15.5 Å². The van der Waals surface area contributed by atoms with E-state index in [1.165, 1.54) is 5.56 Å². The van der Waals surface area contributed by atoms with Crippen molar-refractivity contribution >= 4 is 5.91 Å². The van der Waals surface area contributed by atoms with E-state index in [0.29, 0.717) is 30.5 Å². The molecule has 0 saturated carbocycles. The minimum Gasteiger partial charge on any atom is -0.354 e. The number of nitrogens with zero attached hydrogens (tertiary/aromatic N) is 2. The molecule has 0 atom stereocenters. The molecular formula is C17H23N3O2. The molecule has 2 aromatic rings. The van der Waals surface area contributed by atoms with E-state index in [-0.39, 0.29) is 11.9 Å². The zero-order chi connectivity index (χ0) is 16.1. The van der Waals surface area contributed by atoms with Crippen molar-refractivity contribution in [2.45, 2.75) is 52.5 Å². The minimum absolute atomic E-state index is 0.00367. The second kappa shape index (κ2) is 7.20. The van der Waals surface area contributed by atoms with Crippen molar-refractivity contribution < 1.29 is 9.32 Å². The smallest absolute Gasteiger partial charge is 0.227 e. The van der Waals surface area contributed by atoms with Gasteiger partial charge in [0, 0.05) is 24.4 Å². The van der Waals surface area contributed by atoms with Gasteiger partial charge in [-0.3, -0.25) is 4.79 Å². The Bertz CT molecular complexity index is 615. The number of amides is 1. The molecule has 0 unspecified atom stereocenters. The summed E-state index contributed by atoms with van der Waals surface area (Å²) in [6.07, 6.45) is 0.807. The van der Waals surface area contributed by atoms with Crippen LogP contribution in [0.3, 0.4) is 0 Å². The Morgan fingerprint density at radius 2 is 1.86 bits per heavy atom. The van der Waals surface area contributed by atoms with Crippen LogP contribution in [0.5, 0.6) is 0 Å². The molecule has 0 aliphatic heterocycles. The second-order valence-electron chi connectivity index (χ2n) is 6.01. The monoisotopic (exact) mass is 301 g/mol. The highest BCUT2D eigenvalue weighted by atomic mass is 16.5. The van der Waals surface area contributed by atoms with Gasteiger partial charge in [-0.15, -0.1) is 0 Å². The third-order valence-electron chi connectivity index (χ3n) is 3.32. The third-order valence-corrected chi connectivity index (χ3v) is 3.32. The van der Waals surface area contributed by atoms with Crippen LogP contribution in [-0.2, 0) is 11.2 Å². The first-order valence-corrected chi connectivity index (χ1v) is 7.68. The largest absolute Gasteiger partial charge is 0.354 e. The highest BCUT2D eigenvalue weighted by molar-refractivity contribution is 5.76. The van der Waals surface area contributed by atoms with Crippen LogP contribution in [0.2, 0.25) is 0 Å². The van der Waals surface area contributed by atoms with Gasteiger partial charge in [0.25, 0.3) is 0 Å². The van der Waals surface area contributed by atoms with Gasteiger partial charge in [0.1, 0.15) is 0 Å². The number of carbonyl (C=O) groups is 1. The van der Waals surface area contributed by atoms with Crippen molar-refractivity contribution in [3.63, 3.8) is 0 Å². The molecule has 0 spiro atoms. The molecule has 0 bridgehead atoms. The number of rotatable bonds is 6. The molecule has 1 heterocycles. The number of benzene rings is 1. The van der Waals surface area contributed by atoms with Crippen LogP contribution in [0.25, 0.3) is 11.4 Å². The van der Waals surface area contributed by atoms with E-state index < -0.39 is 0 Å². The molecule has 118 valence electrons. The van der Waals surface area contributed by atoms with Gasteiger partial charge in [0.15, 0.2) is 0 Å². The SMILES string of the molecule is CC(C)NC(=O)CCc1nc(-c2ccc(C(C)C)cc2)no1. The maximum absolute atomic E-state index is 11.6. The lowest BCUT2D eigenvalue weighted by Crippen LogP contribution is -2.30. The molecule has 1 amide bonds. The molecule has 22 heavy (non-hydrogen) atoms. The maximum Gasteiger partial charge on any atom is 0.227 e. The fourth-order valence-electron chi connectivity index (χ4n) is 2.11. The van der Waals surface area contributed by atoms with Crippen molar-refractivity contribution in [3.05, 3.63) is 35.7 Å². The molecule has 0 radical (unpaired) electrons. The first-order chi connectivity index (χ1) is 10.5. The van der Waals surface area contributed by atoms with Crippen LogP contribution < -0.4 is 5.32 Å². The summed E-state index contributed by atoms with van der Waals surface area (Å²) in [5, 5.41) is 6.82. The summed E-state index contributed by atoms with van der Waals surface area (Å²) >= 11 is 0. The molecule has 1 aromatic carbocycles. The van der Waals surface area contributed by atoms with Crippen LogP contribution in [-0.4, -0.2) is 22.1 Å². The van der Waals surface area contributed by atoms with Gasteiger partial charge in [-0.05, 0) is 25.3 Å². The number of hydrogen-bond acceptors (Lipinski definition) is 4. The summed E-state index contributed by atoms with van der Waals surface area (Å²) in [6.45, 7) is 8.18. The average Bonchev–Trinajstić information content (AvgIpc) is 2.93. The Labute approximate surface area is 131 Å². The Morgan fingerprint density at radius 1 is 1.18 bits per heavy atom. The van der Waals surface area contributed by atoms with E-state index in [0.717, 1.165) is 5.56 Å². The highest BCUT2D eigenvalue weighted by Gasteiger charge is 2.11. The van der Waals surface area contributed by atoms with E-state index in [9.17, 15) is 4.79 Å². The number of hydrogen-bond donors (Lipinski definition) is 1. The summed E-state index contributed by atoms with van der Waals surface area (Å²) in [6, 6.07) is 8.29. The molecule has 1 aromatic heterocycles. The van der Waals surface area contributed by atoms with Crippen LogP contribution in [0.15, 0.2) is 28.8 Å². The molecule has 0 aliphatic rings. The first kappa shape index (κ1) is 16.2. The van der Waals surface area contributed by atoms with E-state index in [2.05, 4.69) is 41.4 Å². The van der Waals surface area contributed by atoms with Gasteiger partial charge in [-0.2, -0.15) is 4.98 Å². The molecule has 0 saturated heterocycles. The van der Waals surface area contributed by atoms with Gasteiger partial charge in [0.2, 0.25) is 17.6 Å². The number of aryl methyl sites for hydroxylation is 1. The summed E-state index contributed by atoms with van der Waals surface area (Å²) in [7, 11) is 0. The van der Waals surface area contributed by atoms with Crippen LogP contribution in [0.1, 0.15) is 51.5 Å². The molecule has 0 aliphatic carbocycles. The average molecular weight is 301 g/mol. The van der Waals surface area contributed by atoms with Gasteiger partial charge < -0.3 is 9.84 Å². The normalized spacial score (nSPS) is 11.2. The maximum atomic E-state index is 11.6. The molecule has 5 nitrogen and oxygen atoms in total. The zero-order valence-corrected chi connectivity index (χ0v) is 13.6. The lowest BCUT2D eigenvalue weighted by molar-refractivity contribution is -0.121. The Morgan fingerprint density at radius 3 is 2.45 bits per heavy atom. The van der Waals surface area contributed by atoms with Crippen molar-refractivity contribution in [2.24, 2.45) is 0 Å². The quantitative estimate of drug-likeness (QED) is 0.888. The molecule has 5 heteroatoms. The Kier molecular flexibility index (Phi) is 5.31. The highest BCUT2D eigenvalue weighted by Crippen LogP contribution is 2.20. The van der Waals surface area contributed by atoms with Crippen LogP contribution in [0, 0.1) is 0 Å². The standard InChI is InChI=1S/C17H23N3O2/c1-11(2)13-5-7-14(8-6-13)17-19-16(22-20-17)10-9-15(21)18-12(3)4/h5-8,11-12H,9-10H2,1-4H3,(H,18,21). The van der Waals surface area contributed by atoms with E-state index in [4.69, 9.17) is 4.52 Å². The predicted molar refractivity (Wildman–Crippen MR) is 85.4 cm³/mol. The Balaban J connectivity index is 1.97. The number of aromatic nitrogens is 2. The summed E-state index contributed by atoms with van der Waals surface area (Å²) in [5.41, 5.74) is 2.20. The van der Waals surface area contributed by atoms with Crippen molar-refractivity contribution in [3.8, 4) is 11.4 Å². The van der Waals surface area contributed by atoms with Gasteiger partial charge in [-0.1, -0.05) is 43.3 Å². The molecule has 2 rings (SSSR count). The fraction of sp³-hybridized carbons (Fsp3) is 0.471. The van der Waals surface area contributed by atoms with Crippen LogP contribution in [0.4, 0.5) is 0 Å². The fourth-order valence-corrected chi connectivity index (χ4v) is 2.11. The Hall–Kier alpha value is -2.17. The van der Waals surface area contributed by atoms with Gasteiger partial charge in [0.05, 0.1) is 0 Å². The van der Waals surface area contributed by atoms with Gasteiger partial charge in [-0.25, -0.2) is 0 Å². The minimum atomic E-state index is -0.00367. The topological polar surface area (TPSA) is 68.0 Å². The van der Waals surface area contributed by atoms with Crippen LogP contribution >= 0.6 is 0 Å². The summed E-state index contributed by atoms with van der Waals surface area (Å²) in [5.74, 6) is 1.54. The molecule has 1 N–H and O–H groups in total. The predicted octanol–water partition coefficient (Wildman–Crippen LogP) is 3.32. The zero-order valence-electron chi connectivity index (χ0n) is 13.6. The third kappa shape index (κ3) is 4.41. The molecule has 0 fully saturated rings. The second-order valence-corrected chi connectivity index (χ2v) is 6.01. The lowest BCUT2D eigenvalue weighted by Gasteiger charge is -2.06. The van der Waals surface area contributed by atoms with E-state index in [1.807, 2.05) is 26.0 Å². The summed E-state index contributed by atoms with van der Waals surface area (Å²) < 4.78 is 5.21. The van der Waals surface area contributed by atoms with E-state index >= 15 is 0 Å². The van der Waals surface area contributed by atoms with Crippen molar-refractivity contribution in [2.75, 3.05) is 0 Å². The number of carbonyl (C=O) groups excluding carboxylic acids is 1. The first-order valence-electron chi connectivity index (χ1n) is 7.68. The van der Waals surface area contributed by atoms with E-state index in [1.54, 1.807) is 0 Å². The molecular weight excluding hydrogens is 278 g/mol. The van der Waals surface area contributed by atoms with Gasteiger partial charge >= 0.3 is 0 Å². The lowest BCUT2D eigenvalue weighted by atomic mass is 10.0. The number of nitrogens with one attached hydrogen (secondary N) is 1. The van der Waals surface area contributed by atoms with Crippen molar-refractivity contribution in [1.29, 1.82) is 0 Å². The summed E-state index contributed by atoms with van der Waals surface area (Å²) in [4.78, 5) is 16.0.